The van der Waals surface area contributed by atoms with Gasteiger partial charge in [0.2, 0.25) is 0 Å². The van der Waals surface area contributed by atoms with Crippen molar-refractivity contribution < 1.29 is 15.0 Å². The predicted molar refractivity (Wildman–Crippen MR) is 113 cm³/mol. The van der Waals surface area contributed by atoms with E-state index in [4.69, 9.17) is 26.5 Å². The number of rotatable bonds is 12. The molecule has 5 nitrogen and oxygen atoms in total. The maximum atomic E-state index is 8.56. The molecule has 0 saturated heterocycles. The van der Waals surface area contributed by atoms with Gasteiger partial charge in [-0.2, -0.15) is 0 Å². The van der Waals surface area contributed by atoms with Gasteiger partial charge in [-0.3, -0.25) is 0 Å². The molecule has 0 heterocycles. The van der Waals surface area contributed by atoms with E-state index < -0.39 is 6.16 Å². The van der Waals surface area contributed by atoms with Crippen LogP contribution in [-0.2, 0) is 0 Å². The van der Waals surface area contributed by atoms with E-state index in [-0.39, 0.29) is 11.1 Å². The van der Waals surface area contributed by atoms with E-state index in [0.717, 1.165) is 38.5 Å². The molecule has 0 amide bonds. The van der Waals surface area contributed by atoms with Crippen LogP contribution in [0.1, 0.15) is 38.5 Å². The van der Waals surface area contributed by atoms with Crippen molar-refractivity contribution in [3.05, 3.63) is 75.9 Å². The van der Waals surface area contributed by atoms with Crippen LogP contribution in [-0.4, -0.2) is 27.4 Å². The van der Waals surface area contributed by atoms with Crippen LogP contribution in [0.5, 0.6) is 0 Å². The molecule has 5 heteroatoms. The minimum absolute atomic E-state index is 0.203. The van der Waals surface area contributed by atoms with Crippen LogP contribution in [0.3, 0.4) is 0 Å². The molecule has 0 fully saturated rings. The van der Waals surface area contributed by atoms with Crippen molar-refractivity contribution in [2.24, 2.45) is 11.5 Å². The van der Waals surface area contributed by atoms with Crippen molar-refractivity contribution in [2.45, 2.75) is 49.6 Å². The zero-order valence-corrected chi connectivity index (χ0v) is 15.9. The van der Waals surface area contributed by atoms with Gasteiger partial charge in [0, 0.05) is 11.1 Å². The van der Waals surface area contributed by atoms with Crippen LogP contribution >= 0.6 is 0 Å². The van der Waals surface area contributed by atoms with Crippen LogP contribution in [0.2, 0.25) is 0 Å². The monoisotopic (exact) mass is 364 g/mol. The van der Waals surface area contributed by atoms with E-state index in [9.17, 15) is 0 Å². The quantitative estimate of drug-likeness (QED) is 0.362. The summed E-state index contributed by atoms with van der Waals surface area (Å²) in [6.45, 7) is 22.0. The second-order valence-electron chi connectivity index (χ2n) is 5.96. The van der Waals surface area contributed by atoms with Gasteiger partial charge in [-0.25, -0.2) is 4.79 Å². The molecule has 0 aliphatic rings. The lowest BCUT2D eigenvalue weighted by Gasteiger charge is -2.25. The Kier molecular flexibility index (Phi) is 19.1. The van der Waals surface area contributed by atoms with Gasteiger partial charge < -0.3 is 21.7 Å². The molecular formula is C21H36N2O3. The van der Waals surface area contributed by atoms with Crippen LogP contribution in [0, 0.1) is 0 Å². The van der Waals surface area contributed by atoms with Crippen molar-refractivity contribution in [3.8, 4) is 0 Å². The lowest BCUT2D eigenvalue weighted by Crippen LogP contribution is -2.38. The molecule has 0 atom stereocenters. The highest BCUT2D eigenvalue weighted by molar-refractivity contribution is 5.53. The summed E-state index contributed by atoms with van der Waals surface area (Å²) in [4.78, 5) is 8.56. The third kappa shape index (κ3) is 19.7. The summed E-state index contributed by atoms with van der Waals surface area (Å²) in [7, 11) is 0. The van der Waals surface area contributed by atoms with Gasteiger partial charge in [0.05, 0.1) is 0 Å². The van der Waals surface area contributed by atoms with Crippen LogP contribution < -0.4 is 11.5 Å². The van der Waals surface area contributed by atoms with Crippen molar-refractivity contribution >= 4 is 6.16 Å². The van der Waals surface area contributed by atoms with E-state index in [1.54, 1.807) is 0 Å². The Morgan fingerprint density at radius 3 is 0.808 bits per heavy atom. The van der Waals surface area contributed by atoms with Crippen LogP contribution in [0.15, 0.2) is 75.9 Å². The summed E-state index contributed by atoms with van der Waals surface area (Å²) in [6.07, 6.45) is 14.1. The van der Waals surface area contributed by atoms with Gasteiger partial charge in [-0.05, 0) is 38.5 Å². The van der Waals surface area contributed by atoms with E-state index >= 15 is 0 Å². The van der Waals surface area contributed by atoms with Crippen molar-refractivity contribution in [1.29, 1.82) is 0 Å². The minimum Gasteiger partial charge on any atom is -0.450 e. The molecule has 0 aromatic carbocycles. The van der Waals surface area contributed by atoms with Gasteiger partial charge in [-0.1, -0.05) is 36.5 Å². The molecule has 0 saturated carbocycles. The molecule has 0 aromatic heterocycles. The Morgan fingerprint density at radius 2 is 0.731 bits per heavy atom. The number of carbonyl (C=O) groups is 1. The van der Waals surface area contributed by atoms with Gasteiger partial charge in [0.25, 0.3) is 0 Å². The summed E-state index contributed by atoms with van der Waals surface area (Å²) in [6, 6.07) is 0. The van der Waals surface area contributed by atoms with Crippen molar-refractivity contribution in [1.82, 2.24) is 0 Å². The Balaban J connectivity index is -0.000000338. The second-order valence-corrected chi connectivity index (χ2v) is 5.96. The lowest BCUT2D eigenvalue weighted by molar-refractivity contribution is 0.137. The normalized spacial score (nSPS) is 9.92. The van der Waals surface area contributed by atoms with Gasteiger partial charge in [0.15, 0.2) is 0 Å². The topological polar surface area (TPSA) is 110 Å². The molecule has 0 radical (unpaired) electrons. The molecule has 26 heavy (non-hydrogen) atoms. The predicted octanol–water partition coefficient (Wildman–Crippen LogP) is 5.05. The Labute approximate surface area is 158 Å². The van der Waals surface area contributed by atoms with Crippen LogP contribution in [0.25, 0.3) is 0 Å². The van der Waals surface area contributed by atoms with E-state index in [0.29, 0.717) is 0 Å². The fourth-order valence-electron chi connectivity index (χ4n) is 2.22. The minimum atomic E-state index is -1.83. The Bertz CT molecular complexity index is 363. The first-order valence-corrected chi connectivity index (χ1v) is 8.25. The SMILES string of the molecule is C=CCC(N)(CC=C)CC=C.C=CCC(N)(CC=C)CC=C.O=C(O)O. The fraction of sp³-hybridized carbons (Fsp3) is 0.381. The molecule has 0 rings (SSSR count). The highest BCUT2D eigenvalue weighted by Gasteiger charge is 2.19. The molecule has 0 spiro atoms. The molecule has 0 aromatic rings. The summed E-state index contributed by atoms with van der Waals surface area (Å²) < 4.78 is 0. The largest absolute Gasteiger partial charge is 0.503 e. The summed E-state index contributed by atoms with van der Waals surface area (Å²) in [5.41, 5.74) is 11.6. The maximum Gasteiger partial charge on any atom is 0.503 e. The van der Waals surface area contributed by atoms with Crippen molar-refractivity contribution in [2.75, 3.05) is 0 Å². The highest BCUT2D eigenvalue weighted by Crippen LogP contribution is 2.18. The first-order valence-electron chi connectivity index (χ1n) is 8.25. The molecule has 0 aliphatic carbocycles. The molecule has 0 bridgehead atoms. The average molecular weight is 365 g/mol. The standard InChI is InChI=1S/2C10H17N.CH2O3/c2*1-4-7-10(11,8-5-2)9-6-3;2-1(3)4/h2*4-6H,1-3,7-9,11H2;(H2,2,3,4). The number of nitrogens with two attached hydrogens (primary N) is 2. The van der Waals surface area contributed by atoms with Gasteiger partial charge >= 0.3 is 6.16 Å². The maximum absolute atomic E-state index is 8.56. The van der Waals surface area contributed by atoms with Gasteiger partial charge in [-0.15, -0.1) is 39.5 Å². The number of hydrogen-bond donors (Lipinski definition) is 4. The Hall–Kier alpha value is -2.37. The third-order valence-electron chi connectivity index (χ3n) is 3.31. The third-order valence-corrected chi connectivity index (χ3v) is 3.31. The average Bonchev–Trinajstić information content (AvgIpc) is 2.48. The Morgan fingerprint density at radius 1 is 0.615 bits per heavy atom. The van der Waals surface area contributed by atoms with Crippen LogP contribution in [0.4, 0.5) is 4.79 Å². The zero-order chi connectivity index (χ0) is 21.1. The summed E-state index contributed by atoms with van der Waals surface area (Å²) in [5.74, 6) is 0. The highest BCUT2D eigenvalue weighted by atomic mass is 16.6. The summed E-state index contributed by atoms with van der Waals surface area (Å²) >= 11 is 0. The fourth-order valence-corrected chi connectivity index (χ4v) is 2.22. The molecular weight excluding hydrogens is 328 g/mol. The molecule has 0 unspecified atom stereocenters. The first kappa shape index (κ1) is 28.4. The summed E-state index contributed by atoms with van der Waals surface area (Å²) in [5, 5.41) is 13.9. The molecule has 0 aliphatic heterocycles. The van der Waals surface area contributed by atoms with E-state index in [1.165, 1.54) is 0 Å². The van der Waals surface area contributed by atoms with Gasteiger partial charge in [0.1, 0.15) is 0 Å². The lowest BCUT2D eigenvalue weighted by atomic mass is 9.89. The van der Waals surface area contributed by atoms with E-state index in [1.807, 2.05) is 36.5 Å². The smallest absolute Gasteiger partial charge is 0.450 e. The zero-order valence-electron chi connectivity index (χ0n) is 15.9. The first-order chi connectivity index (χ1) is 12.1. The number of hydrogen-bond acceptors (Lipinski definition) is 3. The second kappa shape index (κ2) is 17.5. The van der Waals surface area contributed by atoms with E-state index in [2.05, 4.69) is 39.5 Å². The molecule has 6 N–H and O–H groups in total. The number of carboxylic acid groups (broad SMARTS) is 2. The van der Waals surface area contributed by atoms with Crippen molar-refractivity contribution in [3.63, 3.8) is 0 Å². The molecule has 148 valence electrons.